The van der Waals surface area contributed by atoms with Gasteiger partial charge in [-0.1, -0.05) is 0 Å². The third-order valence-corrected chi connectivity index (χ3v) is 2.86. The van der Waals surface area contributed by atoms with Gasteiger partial charge in [0.2, 0.25) is 0 Å². The normalized spacial score (nSPS) is 10.6. The summed E-state index contributed by atoms with van der Waals surface area (Å²) in [7, 11) is 1.66. The summed E-state index contributed by atoms with van der Waals surface area (Å²) in [4.78, 5) is 25.0. The Morgan fingerprint density at radius 1 is 1.47 bits per heavy atom. The molecule has 2 N–H and O–H groups in total. The van der Waals surface area contributed by atoms with Crippen LogP contribution in [-0.4, -0.2) is 41.5 Å². The van der Waals surface area contributed by atoms with E-state index < -0.39 is 5.97 Å². The van der Waals surface area contributed by atoms with Gasteiger partial charge in [-0.05, 0) is 26.8 Å². The highest BCUT2D eigenvalue weighted by Crippen LogP contribution is 2.17. The van der Waals surface area contributed by atoms with Gasteiger partial charge >= 0.3 is 5.97 Å². The van der Waals surface area contributed by atoms with E-state index in [1.54, 1.807) is 23.9 Å². The maximum atomic E-state index is 11.9. The fourth-order valence-electron chi connectivity index (χ4n) is 1.58. The number of carbonyl (C=O) groups is 2. The Morgan fingerprint density at radius 2 is 2.11 bits per heavy atom. The van der Waals surface area contributed by atoms with Crippen LogP contribution >= 0.6 is 0 Å². The van der Waals surface area contributed by atoms with E-state index in [4.69, 9.17) is 10.5 Å². The van der Waals surface area contributed by atoms with Crippen LogP contribution in [0.25, 0.3) is 0 Å². The molecule has 0 saturated carbocycles. The highest BCUT2D eigenvalue weighted by Gasteiger charge is 2.18. The lowest BCUT2D eigenvalue weighted by atomic mass is 10.3. The molecule has 0 fully saturated rings. The summed E-state index contributed by atoms with van der Waals surface area (Å²) >= 11 is 0. The van der Waals surface area contributed by atoms with Crippen LogP contribution in [0.2, 0.25) is 0 Å². The SMILES string of the molecule is CCN(C)C(=O)COC(=O)c1cc(N)cn1C(C)C. The summed E-state index contributed by atoms with van der Waals surface area (Å²) in [5, 5.41) is 0. The average Bonchev–Trinajstić information content (AvgIpc) is 2.76. The van der Waals surface area contributed by atoms with Crippen LogP contribution in [0, 0.1) is 0 Å². The van der Waals surface area contributed by atoms with Gasteiger partial charge in [0.25, 0.3) is 5.91 Å². The summed E-state index contributed by atoms with van der Waals surface area (Å²) < 4.78 is 6.74. The van der Waals surface area contributed by atoms with Gasteiger partial charge in [-0.25, -0.2) is 4.79 Å². The smallest absolute Gasteiger partial charge is 0.355 e. The fourth-order valence-corrected chi connectivity index (χ4v) is 1.58. The van der Waals surface area contributed by atoms with Crippen molar-refractivity contribution in [2.75, 3.05) is 25.9 Å². The number of nitrogens with zero attached hydrogens (tertiary/aromatic N) is 2. The zero-order valence-electron chi connectivity index (χ0n) is 11.8. The van der Waals surface area contributed by atoms with Gasteiger partial charge in [0.1, 0.15) is 5.69 Å². The molecule has 1 aromatic heterocycles. The van der Waals surface area contributed by atoms with Crippen LogP contribution in [0.4, 0.5) is 5.69 Å². The van der Waals surface area contributed by atoms with Crippen molar-refractivity contribution in [3.8, 4) is 0 Å². The van der Waals surface area contributed by atoms with E-state index in [1.807, 2.05) is 20.8 Å². The Labute approximate surface area is 113 Å². The quantitative estimate of drug-likeness (QED) is 0.815. The van der Waals surface area contributed by atoms with Crippen molar-refractivity contribution in [3.05, 3.63) is 18.0 Å². The van der Waals surface area contributed by atoms with E-state index in [-0.39, 0.29) is 18.6 Å². The molecule has 0 aromatic carbocycles. The van der Waals surface area contributed by atoms with Gasteiger partial charge in [-0.3, -0.25) is 4.79 Å². The molecule has 1 heterocycles. The average molecular weight is 267 g/mol. The van der Waals surface area contributed by atoms with E-state index in [1.165, 1.54) is 4.90 Å². The molecule has 19 heavy (non-hydrogen) atoms. The first-order valence-electron chi connectivity index (χ1n) is 6.25. The van der Waals surface area contributed by atoms with Crippen molar-refractivity contribution in [1.29, 1.82) is 0 Å². The summed E-state index contributed by atoms with van der Waals surface area (Å²) in [6.45, 7) is 6.04. The zero-order chi connectivity index (χ0) is 14.6. The minimum absolute atomic E-state index is 0.0915. The molecule has 0 spiro atoms. The molecule has 6 nitrogen and oxygen atoms in total. The number of hydrogen-bond acceptors (Lipinski definition) is 4. The molecule has 0 aliphatic rings. The second kappa shape index (κ2) is 6.26. The fraction of sp³-hybridized carbons (Fsp3) is 0.538. The number of hydrogen-bond donors (Lipinski definition) is 1. The van der Waals surface area contributed by atoms with Gasteiger partial charge in [0.15, 0.2) is 6.61 Å². The van der Waals surface area contributed by atoms with E-state index in [0.717, 1.165) is 0 Å². The first-order valence-corrected chi connectivity index (χ1v) is 6.25. The highest BCUT2D eigenvalue weighted by molar-refractivity contribution is 5.91. The van der Waals surface area contributed by atoms with Crippen molar-refractivity contribution < 1.29 is 14.3 Å². The number of aromatic nitrogens is 1. The second-order valence-corrected chi connectivity index (χ2v) is 4.64. The number of rotatable bonds is 5. The number of amides is 1. The summed E-state index contributed by atoms with van der Waals surface area (Å²) in [5.41, 5.74) is 6.54. The predicted octanol–water partition coefficient (Wildman–Crippen LogP) is 1.29. The van der Waals surface area contributed by atoms with Crippen LogP contribution in [0.3, 0.4) is 0 Å². The molecule has 1 aromatic rings. The molecule has 6 heteroatoms. The minimum atomic E-state index is -0.539. The maximum Gasteiger partial charge on any atom is 0.355 e. The standard InChI is InChI=1S/C13H21N3O3/c1-5-15(4)12(17)8-19-13(18)11-6-10(14)7-16(11)9(2)3/h6-7,9H,5,8,14H2,1-4H3. The molecule has 0 saturated heterocycles. The number of carbonyl (C=O) groups excluding carboxylic acids is 2. The second-order valence-electron chi connectivity index (χ2n) is 4.64. The Hall–Kier alpha value is -1.98. The van der Waals surface area contributed by atoms with Crippen molar-refractivity contribution in [2.24, 2.45) is 0 Å². The number of anilines is 1. The van der Waals surface area contributed by atoms with Crippen LogP contribution in [0.15, 0.2) is 12.3 Å². The van der Waals surface area contributed by atoms with Crippen LogP contribution in [0.5, 0.6) is 0 Å². The largest absolute Gasteiger partial charge is 0.451 e. The number of ether oxygens (including phenoxy) is 1. The Kier molecular flexibility index (Phi) is 4.97. The van der Waals surface area contributed by atoms with Gasteiger partial charge in [-0.2, -0.15) is 0 Å². The first-order chi connectivity index (χ1) is 8.86. The molecule has 1 amide bonds. The van der Waals surface area contributed by atoms with Crippen molar-refractivity contribution >= 4 is 17.6 Å². The Bertz CT molecular complexity index is 466. The van der Waals surface area contributed by atoms with E-state index in [0.29, 0.717) is 17.9 Å². The van der Waals surface area contributed by atoms with E-state index in [2.05, 4.69) is 0 Å². The van der Waals surface area contributed by atoms with E-state index >= 15 is 0 Å². The topological polar surface area (TPSA) is 77.6 Å². The molecule has 0 radical (unpaired) electrons. The predicted molar refractivity (Wildman–Crippen MR) is 72.8 cm³/mol. The van der Waals surface area contributed by atoms with Crippen LogP contribution in [0.1, 0.15) is 37.3 Å². The van der Waals surface area contributed by atoms with E-state index in [9.17, 15) is 9.59 Å². The van der Waals surface area contributed by atoms with Crippen molar-refractivity contribution in [3.63, 3.8) is 0 Å². The molecule has 0 aliphatic heterocycles. The Balaban J connectivity index is 2.71. The molecule has 1 rings (SSSR count). The first kappa shape index (κ1) is 15.1. The molecule has 0 bridgehead atoms. The monoisotopic (exact) mass is 267 g/mol. The minimum Gasteiger partial charge on any atom is -0.451 e. The van der Waals surface area contributed by atoms with Crippen molar-refractivity contribution in [2.45, 2.75) is 26.8 Å². The summed E-state index contributed by atoms with van der Waals surface area (Å²) in [6, 6.07) is 1.64. The maximum absolute atomic E-state index is 11.9. The Morgan fingerprint density at radius 3 is 2.63 bits per heavy atom. The lowest BCUT2D eigenvalue weighted by Crippen LogP contribution is -2.31. The number of nitrogen functional groups attached to an aromatic ring is 1. The summed E-state index contributed by atoms with van der Waals surface area (Å²) in [5.74, 6) is -0.769. The number of likely N-dealkylation sites (N-methyl/N-ethyl adjacent to an activating group) is 1. The third kappa shape index (κ3) is 3.74. The molecular formula is C13H21N3O3. The lowest BCUT2D eigenvalue weighted by molar-refractivity contribution is -0.133. The zero-order valence-corrected chi connectivity index (χ0v) is 11.8. The molecule has 0 unspecified atom stereocenters. The molecule has 0 atom stereocenters. The lowest BCUT2D eigenvalue weighted by Gasteiger charge is -2.15. The molecule has 106 valence electrons. The van der Waals surface area contributed by atoms with Crippen LogP contribution in [-0.2, 0) is 9.53 Å². The summed E-state index contributed by atoms with van der Waals surface area (Å²) in [6.07, 6.45) is 1.68. The number of nitrogens with two attached hydrogens (primary N) is 1. The highest BCUT2D eigenvalue weighted by atomic mass is 16.5. The van der Waals surface area contributed by atoms with Gasteiger partial charge in [-0.15, -0.1) is 0 Å². The molecule has 0 aliphatic carbocycles. The number of esters is 1. The van der Waals surface area contributed by atoms with Crippen LogP contribution < -0.4 is 5.73 Å². The third-order valence-electron chi connectivity index (χ3n) is 2.86. The van der Waals surface area contributed by atoms with Gasteiger partial charge in [0, 0.05) is 25.8 Å². The molecular weight excluding hydrogens is 246 g/mol. The van der Waals surface area contributed by atoms with Gasteiger partial charge < -0.3 is 19.9 Å². The van der Waals surface area contributed by atoms with Gasteiger partial charge in [0.05, 0.1) is 5.69 Å². The van der Waals surface area contributed by atoms with Crippen molar-refractivity contribution in [1.82, 2.24) is 9.47 Å².